The van der Waals surface area contributed by atoms with Crippen molar-refractivity contribution in [2.75, 3.05) is 18.5 Å². The number of carbonyl (C=O) groups excluding carboxylic acids is 3. The van der Waals surface area contributed by atoms with Crippen LogP contribution in [0.5, 0.6) is 5.75 Å². The van der Waals surface area contributed by atoms with Gasteiger partial charge in [-0.25, -0.2) is 4.68 Å². The van der Waals surface area contributed by atoms with E-state index in [0.29, 0.717) is 36.4 Å². The normalized spacial score (nSPS) is 27.0. The number of aromatic nitrogens is 3. The Balaban J connectivity index is 1.28. The molecule has 1 aromatic heterocycles. The number of hydrogen-bond donors (Lipinski definition) is 3. The molecule has 3 saturated heterocycles. The lowest BCUT2D eigenvalue weighted by Crippen LogP contribution is -2.59. The first kappa shape index (κ1) is 28.1. The van der Waals surface area contributed by atoms with Crippen LogP contribution in [0.3, 0.4) is 0 Å². The van der Waals surface area contributed by atoms with Crippen LogP contribution in [0.15, 0.2) is 48.5 Å². The van der Waals surface area contributed by atoms with Gasteiger partial charge in [-0.2, -0.15) is 0 Å². The molecule has 4 heterocycles. The molecule has 0 aliphatic carbocycles. The van der Waals surface area contributed by atoms with Crippen LogP contribution in [0.2, 0.25) is 0 Å². The molecule has 42 heavy (non-hydrogen) atoms. The van der Waals surface area contributed by atoms with Gasteiger partial charge in [0.1, 0.15) is 29.6 Å². The van der Waals surface area contributed by atoms with Crippen molar-refractivity contribution >= 4 is 34.4 Å². The summed E-state index contributed by atoms with van der Waals surface area (Å²) >= 11 is 0. The summed E-state index contributed by atoms with van der Waals surface area (Å²) in [4.78, 5) is 43.4. The Labute approximate surface area is 243 Å². The summed E-state index contributed by atoms with van der Waals surface area (Å²) in [5, 5.41) is 24.5. The highest BCUT2D eigenvalue weighted by Gasteiger charge is 2.75. The van der Waals surface area contributed by atoms with Gasteiger partial charge in [-0.15, -0.1) is 5.10 Å². The van der Waals surface area contributed by atoms with Crippen molar-refractivity contribution in [3.05, 3.63) is 48.5 Å². The lowest BCUT2D eigenvalue weighted by molar-refractivity contribution is -0.146. The zero-order valence-electron chi connectivity index (χ0n) is 23.9. The second-order valence-electron chi connectivity index (χ2n) is 11.5. The minimum Gasteiger partial charge on any atom is -0.494 e. The van der Waals surface area contributed by atoms with Gasteiger partial charge >= 0.3 is 0 Å². The monoisotopic (exact) mass is 576 g/mol. The number of aliphatic hydroxyl groups is 1. The number of aliphatic hydroxyl groups excluding tert-OH is 1. The standard InChI is InChI=1S/C30H36N6O6/c1-4-41-19-11-9-18(10-12-19)32-27(38)24-23-13-14-30(42-23)25(24)29(40)36(22(15-37)17(2)3)26(30)28(39)31-16-35-21-8-6-5-7-20(21)33-34-35/h5-12,17,22-26,37H,4,13-16H2,1-3H3,(H,31,39)(H,32,38)/t22-,23+,24-,25-,26?,30?/m0/s1. The molecule has 2 unspecified atom stereocenters. The van der Waals surface area contributed by atoms with Crippen LogP contribution in [-0.4, -0.2) is 79.7 Å². The van der Waals surface area contributed by atoms with E-state index in [1.54, 1.807) is 28.9 Å². The fraction of sp³-hybridized carbons (Fsp3) is 0.500. The quantitative estimate of drug-likeness (QED) is 0.332. The first-order valence-electron chi connectivity index (χ1n) is 14.5. The summed E-state index contributed by atoms with van der Waals surface area (Å²) in [5.74, 6) is -2.17. The molecule has 3 fully saturated rings. The number of rotatable bonds is 10. The van der Waals surface area contributed by atoms with E-state index in [1.165, 1.54) is 4.90 Å². The Morgan fingerprint density at radius 1 is 1.17 bits per heavy atom. The van der Waals surface area contributed by atoms with Gasteiger partial charge in [-0.05, 0) is 62.1 Å². The van der Waals surface area contributed by atoms with Crippen molar-refractivity contribution in [1.82, 2.24) is 25.2 Å². The van der Waals surface area contributed by atoms with Gasteiger partial charge in [-0.3, -0.25) is 14.4 Å². The minimum atomic E-state index is -1.18. The van der Waals surface area contributed by atoms with Crippen LogP contribution in [0, 0.1) is 17.8 Å². The van der Waals surface area contributed by atoms with Gasteiger partial charge in [-0.1, -0.05) is 31.2 Å². The van der Waals surface area contributed by atoms with Crippen molar-refractivity contribution < 1.29 is 29.0 Å². The lowest BCUT2D eigenvalue weighted by Gasteiger charge is -2.38. The number of para-hydroxylation sites is 1. The molecule has 1 spiro atoms. The average molecular weight is 577 g/mol. The lowest BCUT2D eigenvalue weighted by atomic mass is 9.70. The highest BCUT2D eigenvalue weighted by molar-refractivity contribution is 6.02. The Bertz CT molecular complexity index is 1490. The molecule has 6 atom stereocenters. The number of likely N-dealkylation sites (tertiary alicyclic amines) is 1. The van der Waals surface area contributed by atoms with Crippen molar-refractivity contribution in [1.29, 1.82) is 0 Å². The average Bonchev–Trinajstić information content (AvgIpc) is 3.73. The maximum atomic E-state index is 14.2. The van der Waals surface area contributed by atoms with Crippen LogP contribution in [0.4, 0.5) is 5.69 Å². The number of anilines is 1. The Morgan fingerprint density at radius 2 is 1.93 bits per heavy atom. The van der Waals surface area contributed by atoms with Gasteiger partial charge in [0.05, 0.1) is 42.7 Å². The van der Waals surface area contributed by atoms with E-state index in [1.807, 2.05) is 45.0 Å². The maximum Gasteiger partial charge on any atom is 0.247 e. The second-order valence-corrected chi connectivity index (χ2v) is 11.5. The first-order valence-corrected chi connectivity index (χ1v) is 14.5. The molecule has 12 nitrogen and oxygen atoms in total. The maximum absolute atomic E-state index is 14.2. The first-order chi connectivity index (χ1) is 20.3. The molecule has 3 amide bonds. The number of carbonyl (C=O) groups is 3. The number of ether oxygens (including phenoxy) is 2. The van der Waals surface area contributed by atoms with E-state index in [9.17, 15) is 19.5 Å². The third-order valence-electron chi connectivity index (χ3n) is 8.86. The Hall–Kier alpha value is -4.03. The molecule has 6 rings (SSSR count). The van der Waals surface area contributed by atoms with E-state index < -0.39 is 41.5 Å². The van der Waals surface area contributed by atoms with Gasteiger partial charge in [0.25, 0.3) is 0 Å². The number of nitrogens with zero attached hydrogens (tertiary/aromatic N) is 4. The van der Waals surface area contributed by atoms with E-state index in [-0.39, 0.29) is 31.0 Å². The van der Waals surface area contributed by atoms with Crippen LogP contribution in [0.25, 0.3) is 11.0 Å². The van der Waals surface area contributed by atoms with Crippen molar-refractivity contribution in [2.24, 2.45) is 17.8 Å². The SMILES string of the molecule is CCOc1ccc(NC(=O)[C@@H]2[C@H]3C(=O)N([C@@H](CO)C(C)C)C(C(=O)NCn4nnc5ccccc54)C34CC[C@H]2O4)cc1. The molecule has 3 N–H and O–H groups in total. The van der Waals surface area contributed by atoms with Gasteiger partial charge in [0.2, 0.25) is 17.7 Å². The molecule has 2 aromatic carbocycles. The highest BCUT2D eigenvalue weighted by atomic mass is 16.5. The molecule has 0 radical (unpaired) electrons. The van der Waals surface area contributed by atoms with Crippen molar-refractivity contribution in [3.8, 4) is 5.75 Å². The molecule has 0 saturated carbocycles. The largest absolute Gasteiger partial charge is 0.494 e. The molecular weight excluding hydrogens is 540 g/mol. The fourth-order valence-corrected chi connectivity index (χ4v) is 6.98. The third-order valence-corrected chi connectivity index (χ3v) is 8.86. The van der Waals surface area contributed by atoms with Gasteiger partial charge in [0, 0.05) is 5.69 Å². The predicted molar refractivity (Wildman–Crippen MR) is 152 cm³/mol. The highest BCUT2D eigenvalue weighted by Crippen LogP contribution is 2.59. The number of hydrogen-bond acceptors (Lipinski definition) is 8. The minimum absolute atomic E-state index is 0.0369. The number of fused-ring (bicyclic) bond motifs is 2. The third kappa shape index (κ3) is 4.49. The smallest absolute Gasteiger partial charge is 0.247 e. The van der Waals surface area contributed by atoms with E-state index in [0.717, 1.165) is 5.52 Å². The molecule has 2 bridgehead atoms. The fourth-order valence-electron chi connectivity index (χ4n) is 6.98. The molecule has 3 aliphatic heterocycles. The van der Waals surface area contributed by atoms with Crippen molar-refractivity contribution in [3.63, 3.8) is 0 Å². The number of benzene rings is 2. The van der Waals surface area contributed by atoms with Crippen molar-refractivity contribution in [2.45, 2.75) is 64.1 Å². The van der Waals surface area contributed by atoms with E-state index in [2.05, 4.69) is 20.9 Å². The van der Waals surface area contributed by atoms with E-state index >= 15 is 0 Å². The number of amides is 3. The topological polar surface area (TPSA) is 148 Å². The number of nitrogens with one attached hydrogen (secondary N) is 2. The summed E-state index contributed by atoms with van der Waals surface area (Å²) in [6, 6.07) is 12.8. The zero-order valence-corrected chi connectivity index (χ0v) is 23.9. The summed E-state index contributed by atoms with van der Waals surface area (Å²) in [7, 11) is 0. The Morgan fingerprint density at radius 3 is 2.64 bits per heavy atom. The predicted octanol–water partition coefficient (Wildman–Crippen LogP) is 1.93. The summed E-state index contributed by atoms with van der Waals surface area (Å²) in [6.45, 7) is 5.93. The molecular formula is C30H36N6O6. The summed E-state index contributed by atoms with van der Waals surface area (Å²) in [5.41, 5.74) is 0.849. The zero-order chi connectivity index (χ0) is 29.6. The van der Waals surface area contributed by atoms with E-state index in [4.69, 9.17) is 9.47 Å². The van der Waals surface area contributed by atoms with Crippen LogP contribution in [0.1, 0.15) is 33.6 Å². The second kappa shape index (κ2) is 11.0. The van der Waals surface area contributed by atoms with Crippen LogP contribution >= 0.6 is 0 Å². The van der Waals surface area contributed by atoms with Crippen LogP contribution in [-0.2, 0) is 25.8 Å². The summed E-state index contributed by atoms with van der Waals surface area (Å²) in [6.07, 6.45) is 0.505. The molecule has 12 heteroatoms. The van der Waals surface area contributed by atoms with Gasteiger partial charge in [0.15, 0.2) is 0 Å². The molecule has 222 valence electrons. The van der Waals surface area contributed by atoms with Crippen LogP contribution < -0.4 is 15.4 Å². The summed E-state index contributed by atoms with van der Waals surface area (Å²) < 4.78 is 13.6. The Kier molecular flexibility index (Phi) is 7.36. The molecule has 3 aliphatic rings. The molecule has 3 aromatic rings. The van der Waals surface area contributed by atoms with Gasteiger partial charge < -0.3 is 30.1 Å².